The van der Waals surface area contributed by atoms with Crippen LogP contribution in [0.4, 0.5) is 4.39 Å². The predicted molar refractivity (Wildman–Crippen MR) is 415 cm³/mol. The molecule has 0 fully saturated rings. The largest absolute Gasteiger partial charge is 0.238 e. The molecule has 8 aromatic heterocycles. The van der Waals surface area contributed by atoms with Crippen LogP contribution in [0.5, 0.6) is 0 Å². The SMILES string of the molecule is C.C.C.C.Cc1ccccc1-c1cc2nc(-c3c(C(C)C)cccc3C(C)C)sc2c[n+]1C.Cc1ccccc1-c1cc2nc(-c3ccc(F)cc3)sc2c[n+]1C.Cc1ccccc1-c1cc2nc(-c3ccccc3)sc2c[n+]1C.Cc1ccccc1-c1cc2scnc2c[n+]1C. The van der Waals surface area contributed by atoms with E-state index in [2.05, 4.69) is 289 Å². The zero-order valence-electron chi connectivity index (χ0n) is 54.6. The van der Waals surface area contributed by atoms with Crippen molar-refractivity contribution in [1.29, 1.82) is 0 Å². The van der Waals surface area contributed by atoms with Gasteiger partial charge in [0.1, 0.15) is 68.6 Å². The highest BCUT2D eigenvalue weighted by molar-refractivity contribution is 7.22. The topological polar surface area (TPSA) is 67.1 Å². The van der Waals surface area contributed by atoms with Gasteiger partial charge in [0.2, 0.25) is 22.8 Å². The Labute approximate surface area is 590 Å². The first-order valence-corrected chi connectivity index (χ1v) is 34.6. The van der Waals surface area contributed by atoms with Crippen molar-refractivity contribution in [2.45, 2.75) is 96.9 Å². The highest BCUT2D eigenvalue weighted by Crippen LogP contribution is 2.41. The first-order chi connectivity index (χ1) is 45.0. The fraction of sp³-hybridized carbons (Fsp3) is 0.214. The smallest absolute Gasteiger partial charge is 0.214 e. The standard InChI is InChI=1S/C26H29N2S.C20H16FN2S.C20H17N2S.C14H13N2S.4CH4/c1-16(2)19-12-9-13-20(17(3)4)25(19)26-27-22-14-23(28(6)15-24(22)29-26)21-11-8-7-10-18(21)5;1-13-5-3-4-6-16(13)18-11-17-19(12-23(18)2)24-20(22-17)14-7-9-15(21)10-8-14;1-14-8-6-7-11-16(14)18-12-17-19(13-22(18)2)23-20(21-17)15-9-4-3-5-10-15;1-10-5-3-4-6-11(10)13-7-14-12(8-16(13)2)15-9-17-14;;;;/h7-17H,1-6H3;3-12H,1-2H3;3-13H,1-2H3;3-9H,1-2H3;4*1H4/q4*+1;;;;. The molecule has 15 aromatic rings. The molecular formula is C84H91FN8S4+4. The molecule has 15 rings (SSSR count). The Bertz CT molecular complexity index is 5150. The molecule has 13 heteroatoms. The molecule has 0 saturated carbocycles. The van der Waals surface area contributed by atoms with Crippen molar-refractivity contribution in [3.8, 4) is 76.7 Å². The second-order valence-electron chi connectivity index (χ2n) is 24.2. The Kier molecular flexibility index (Phi) is 24.3. The Hall–Kier alpha value is -9.37. The highest BCUT2D eigenvalue weighted by Gasteiger charge is 2.24. The van der Waals surface area contributed by atoms with Crippen molar-refractivity contribution in [2.75, 3.05) is 0 Å². The van der Waals surface area contributed by atoms with Crippen molar-refractivity contribution < 1.29 is 22.7 Å². The van der Waals surface area contributed by atoms with E-state index >= 15 is 0 Å². The average molecular weight is 1360 g/mol. The summed E-state index contributed by atoms with van der Waals surface area (Å²) >= 11 is 6.85. The quantitative estimate of drug-likeness (QED) is 0.135. The highest BCUT2D eigenvalue weighted by atomic mass is 32.1. The molecule has 97 heavy (non-hydrogen) atoms. The number of fused-ring (bicyclic) bond motifs is 4. The van der Waals surface area contributed by atoms with Gasteiger partial charge < -0.3 is 0 Å². The van der Waals surface area contributed by atoms with Gasteiger partial charge in [0.15, 0.2) is 24.8 Å². The van der Waals surface area contributed by atoms with Gasteiger partial charge in [0.05, 0.1) is 26.8 Å². The minimum Gasteiger partial charge on any atom is -0.238 e. The number of hydrogen-bond donors (Lipinski definition) is 0. The summed E-state index contributed by atoms with van der Waals surface area (Å²) in [6, 6.07) is 66.2. The number of pyridine rings is 4. The molecule has 0 unspecified atom stereocenters. The minimum absolute atomic E-state index is 0. The van der Waals surface area contributed by atoms with E-state index in [0.29, 0.717) is 11.8 Å². The van der Waals surface area contributed by atoms with Crippen molar-refractivity contribution in [2.24, 2.45) is 28.2 Å². The van der Waals surface area contributed by atoms with Crippen molar-refractivity contribution in [1.82, 2.24) is 19.9 Å². The summed E-state index contributed by atoms with van der Waals surface area (Å²) in [6.07, 6.45) is 8.61. The lowest BCUT2D eigenvalue weighted by Gasteiger charge is -2.17. The molecule has 0 aliphatic carbocycles. The van der Waals surface area contributed by atoms with Crippen LogP contribution in [0.3, 0.4) is 0 Å². The van der Waals surface area contributed by atoms with E-state index in [1.807, 2.05) is 17.6 Å². The molecule has 7 aromatic carbocycles. The second kappa shape index (κ2) is 32.1. The summed E-state index contributed by atoms with van der Waals surface area (Å²) < 4.78 is 26.6. The van der Waals surface area contributed by atoms with Gasteiger partial charge in [0.25, 0.3) is 0 Å². The van der Waals surface area contributed by atoms with E-state index in [0.717, 1.165) is 53.0 Å². The van der Waals surface area contributed by atoms with Crippen LogP contribution in [0.1, 0.15) is 103 Å². The molecule has 0 aliphatic heterocycles. The number of benzene rings is 7. The molecule has 0 amide bonds. The molecule has 8 nitrogen and oxygen atoms in total. The van der Waals surface area contributed by atoms with Gasteiger partial charge in [0, 0.05) is 63.2 Å². The predicted octanol–water partition coefficient (Wildman–Crippen LogP) is 22.3. The number of aromatic nitrogens is 8. The summed E-state index contributed by atoms with van der Waals surface area (Å²) in [6.45, 7) is 17.7. The molecule has 0 aliphatic rings. The third-order valence-electron chi connectivity index (χ3n) is 16.9. The molecular weight excluding hydrogens is 1270 g/mol. The Morgan fingerprint density at radius 3 is 1.08 bits per heavy atom. The molecule has 494 valence electrons. The van der Waals surface area contributed by atoms with Gasteiger partial charge in [-0.3, -0.25) is 0 Å². The zero-order valence-corrected chi connectivity index (χ0v) is 57.9. The third-order valence-corrected chi connectivity index (χ3v) is 20.8. The van der Waals surface area contributed by atoms with Gasteiger partial charge in [-0.15, -0.1) is 45.3 Å². The summed E-state index contributed by atoms with van der Waals surface area (Å²) in [5, 5.41) is 3.12. The molecule has 8 heterocycles. The van der Waals surface area contributed by atoms with Crippen molar-refractivity contribution >= 4 is 86.2 Å². The second-order valence-corrected chi connectivity index (χ2v) is 28.2. The first kappa shape index (κ1) is 73.4. The fourth-order valence-corrected chi connectivity index (χ4v) is 15.7. The van der Waals surface area contributed by atoms with E-state index < -0.39 is 0 Å². The summed E-state index contributed by atoms with van der Waals surface area (Å²) in [5.74, 6) is 0.705. The van der Waals surface area contributed by atoms with Crippen LogP contribution in [0, 0.1) is 33.5 Å². The minimum atomic E-state index is -0.229. The van der Waals surface area contributed by atoms with Crippen molar-refractivity contribution in [3.05, 3.63) is 264 Å². The van der Waals surface area contributed by atoms with Crippen LogP contribution in [0.15, 0.2) is 224 Å². The number of aryl methyl sites for hydroxylation is 8. The maximum Gasteiger partial charge on any atom is 0.214 e. The van der Waals surface area contributed by atoms with E-state index in [9.17, 15) is 4.39 Å². The van der Waals surface area contributed by atoms with Gasteiger partial charge in [-0.1, -0.05) is 179 Å². The Balaban J connectivity index is 0.000000165. The summed E-state index contributed by atoms with van der Waals surface area (Å²) in [4.78, 5) is 19.1. The lowest BCUT2D eigenvalue weighted by atomic mass is 9.89. The normalized spacial score (nSPS) is 10.8. The van der Waals surface area contributed by atoms with Crippen molar-refractivity contribution in [3.63, 3.8) is 0 Å². The molecule has 0 bridgehead atoms. The third kappa shape index (κ3) is 16.0. The average Bonchev–Trinajstić information content (AvgIpc) is 1.67. The van der Waals surface area contributed by atoms with Gasteiger partial charge in [-0.2, -0.15) is 18.3 Å². The molecule has 0 radical (unpaired) electrons. The summed E-state index contributed by atoms with van der Waals surface area (Å²) in [7, 11) is 8.35. The van der Waals surface area contributed by atoms with E-state index in [1.54, 1.807) is 57.5 Å². The number of thiazole rings is 4. The van der Waals surface area contributed by atoms with Crippen LogP contribution < -0.4 is 18.3 Å². The molecule has 0 spiro atoms. The van der Waals surface area contributed by atoms with Crippen LogP contribution in [0.2, 0.25) is 0 Å². The maximum absolute atomic E-state index is 13.1. The van der Waals surface area contributed by atoms with Crippen LogP contribution in [-0.2, 0) is 28.2 Å². The Morgan fingerprint density at radius 1 is 0.351 bits per heavy atom. The Morgan fingerprint density at radius 2 is 0.691 bits per heavy atom. The maximum atomic E-state index is 13.1. The van der Waals surface area contributed by atoms with Crippen LogP contribution >= 0.6 is 45.3 Å². The number of nitrogens with zero attached hydrogens (tertiary/aromatic N) is 8. The summed E-state index contributed by atoms with van der Waals surface area (Å²) in [5.41, 5.74) is 27.2. The number of rotatable bonds is 9. The van der Waals surface area contributed by atoms with Crippen LogP contribution in [0.25, 0.3) is 118 Å². The van der Waals surface area contributed by atoms with E-state index in [1.165, 1.54) is 110 Å². The zero-order chi connectivity index (χ0) is 65.0. The lowest BCUT2D eigenvalue weighted by molar-refractivity contribution is -0.659. The molecule has 0 atom stereocenters. The number of halogens is 1. The first-order valence-electron chi connectivity index (χ1n) is 31.3. The molecule has 0 saturated heterocycles. The van der Waals surface area contributed by atoms with Gasteiger partial charge in [-0.25, -0.2) is 24.3 Å². The monoisotopic (exact) mass is 1360 g/mol. The van der Waals surface area contributed by atoms with E-state index in [-0.39, 0.29) is 35.5 Å². The lowest BCUT2D eigenvalue weighted by Crippen LogP contribution is -2.30. The van der Waals surface area contributed by atoms with Gasteiger partial charge in [-0.05, 0) is 121 Å². The van der Waals surface area contributed by atoms with Crippen LogP contribution in [-0.4, -0.2) is 19.9 Å². The van der Waals surface area contributed by atoms with E-state index in [4.69, 9.17) is 15.0 Å². The fourth-order valence-electron chi connectivity index (χ4n) is 11.8. The van der Waals surface area contributed by atoms with Gasteiger partial charge >= 0.3 is 0 Å². The molecule has 0 N–H and O–H groups in total. The number of hydrogen-bond acceptors (Lipinski definition) is 8.